The van der Waals surface area contributed by atoms with Gasteiger partial charge in [-0.2, -0.15) is 11.8 Å². The summed E-state index contributed by atoms with van der Waals surface area (Å²) in [6.07, 6.45) is 2.99. The van der Waals surface area contributed by atoms with Gasteiger partial charge in [-0.15, -0.1) is 0 Å². The highest BCUT2D eigenvalue weighted by atomic mass is 32.2. The van der Waals surface area contributed by atoms with Gasteiger partial charge in [-0.1, -0.05) is 0 Å². The molecule has 2 heterocycles. The van der Waals surface area contributed by atoms with Crippen LogP contribution in [-0.4, -0.2) is 70.5 Å². The summed E-state index contributed by atoms with van der Waals surface area (Å²) >= 11 is 1.98. The van der Waals surface area contributed by atoms with Crippen LogP contribution in [0, 0.1) is 5.92 Å². The molecule has 0 aliphatic carbocycles. The van der Waals surface area contributed by atoms with E-state index in [1.54, 1.807) is 6.92 Å². The van der Waals surface area contributed by atoms with Gasteiger partial charge in [0, 0.05) is 32.6 Å². The van der Waals surface area contributed by atoms with E-state index < -0.39 is 12.0 Å². The molecular formula is C14H24N2O3S. The molecule has 2 rings (SSSR count). The second-order valence-electron chi connectivity index (χ2n) is 5.69. The molecule has 2 saturated heterocycles. The van der Waals surface area contributed by atoms with Gasteiger partial charge < -0.3 is 10.0 Å². The lowest BCUT2D eigenvalue weighted by atomic mass is 9.98. The average Bonchev–Trinajstić information content (AvgIpc) is 2.47. The normalized spacial score (nSPS) is 23.6. The molecule has 2 aliphatic heterocycles. The minimum Gasteiger partial charge on any atom is -0.480 e. The summed E-state index contributed by atoms with van der Waals surface area (Å²) in [7, 11) is 0. The summed E-state index contributed by atoms with van der Waals surface area (Å²) < 4.78 is 0. The second-order valence-corrected chi connectivity index (χ2v) is 6.92. The maximum Gasteiger partial charge on any atom is 0.320 e. The summed E-state index contributed by atoms with van der Waals surface area (Å²) in [5.74, 6) is 2.39. The van der Waals surface area contributed by atoms with Crippen molar-refractivity contribution in [1.29, 1.82) is 0 Å². The minimum absolute atomic E-state index is 0.254. The molecule has 0 bridgehead atoms. The molecule has 114 valence electrons. The Labute approximate surface area is 124 Å². The van der Waals surface area contributed by atoms with E-state index in [-0.39, 0.29) is 5.91 Å². The number of carboxylic acids is 1. The average molecular weight is 300 g/mol. The van der Waals surface area contributed by atoms with Gasteiger partial charge in [0.25, 0.3) is 0 Å². The smallest absolute Gasteiger partial charge is 0.320 e. The predicted molar refractivity (Wildman–Crippen MR) is 79.9 cm³/mol. The van der Waals surface area contributed by atoms with Crippen LogP contribution >= 0.6 is 11.8 Å². The number of carboxylic acid groups (broad SMARTS) is 1. The Kier molecular flexibility index (Phi) is 5.72. The number of carbonyl (C=O) groups excluding carboxylic acids is 1. The van der Waals surface area contributed by atoms with E-state index in [4.69, 9.17) is 5.11 Å². The van der Waals surface area contributed by atoms with Crippen LogP contribution in [0.1, 0.15) is 26.2 Å². The Balaban J connectivity index is 1.75. The van der Waals surface area contributed by atoms with Crippen molar-refractivity contribution in [2.45, 2.75) is 32.2 Å². The standard InChI is InChI=1S/C14H24N2O3S/c1-11(14(18)19)15-4-6-16(7-5-15)13(17)10-12-2-8-20-9-3-12/h11-12H,2-10H2,1H3,(H,18,19). The molecule has 0 aromatic carbocycles. The van der Waals surface area contributed by atoms with Gasteiger partial charge >= 0.3 is 5.97 Å². The molecule has 0 aromatic heterocycles. The first-order chi connectivity index (χ1) is 9.58. The Bertz CT molecular complexity index is 350. The van der Waals surface area contributed by atoms with E-state index in [0.717, 1.165) is 12.8 Å². The molecule has 2 fully saturated rings. The number of hydrogen-bond donors (Lipinski definition) is 1. The van der Waals surface area contributed by atoms with Crippen LogP contribution in [0.3, 0.4) is 0 Å². The van der Waals surface area contributed by atoms with E-state index in [0.29, 0.717) is 38.5 Å². The predicted octanol–water partition coefficient (Wildman–Crippen LogP) is 1.14. The molecule has 0 aromatic rings. The topological polar surface area (TPSA) is 60.9 Å². The maximum atomic E-state index is 12.3. The summed E-state index contributed by atoms with van der Waals surface area (Å²) in [4.78, 5) is 27.1. The highest BCUT2D eigenvalue weighted by Gasteiger charge is 2.28. The number of carbonyl (C=O) groups is 2. The molecule has 0 saturated carbocycles. The van der Waals surface area contributed by atoms with Crippen molar-refractivity contribution in [3.63, 3.8) is 0 Å². The van der Waals surface area contributed by atoms with E-state index in [1.807, 2.05) is 21.6 Å². The first-order valence-electron chi connectivity index (χ1n) is 7.40. The third-order valence-electron chi connectivity index (χ3n) is 4.38. The molecule has 1 unspecified atom stereocenters. The zero-order valence-electron chi connectivity index (χ0n) is 12.1. The van der Waals surface area contributed by atoms with Crippen molar-refractivity contribution >= 4 is 23.6 Å². The molecule has 1 atom stereocenters. The molecule has 2 aliphatic rings. The third kappa shape index (κ3) is 4.12. The number of piperazine rings is 1. The van der Waals surface area contributed by atoms with E-state index >= 15 is 0 Å². The Morgan fingerprint density at radius 2 is 1.80 bits per heavy atom. The fraction of sp³-hybridized carbons (Fsp3) is 0.857. The van der Waals surface area contributed by atoms with Gasteiger partial charge in [-0.05, 0) is 37.2 Å². The van der Waals surface area contributed by atoms with Gasteiger partial charge in [-0.25, -0.2) is 0 Å². The van der Waals surface area contributed by atoms with Crippen molar-refractivity contribution in [2.75, 3.05) is 37.7 Å². The molecule has 0 spiro atoms. The minimum atomic E-state index is -0.788. The number of rotatable bonds is 4. The zero-order valence-corrected chi connectivity index (χ0v) is 12.9. The quantitative estimate of drug-likeness (QED) is 0.843. The van der Waals surface area contributed by atoms with Crippen LogP contribution < -0.4 is 0 Å². The number of thioether (sulfide) groups is 1. The van der Waals surface area contributed by atoms with E-state index in [9.17, 15) is 9.59 Å². The summed E-state index contributed by atoms with van der Waals surface area (Å²) in [6, 6.07) is -0.456. The fourth-order valence-corrected chi connectivity index (χ4v) is 4.05. The summed E-state index contributed by atoms with van der Waals surface area (Å²) in [6.45, 7) is 4.37. The maximum absolute atomic E-state index is 12.3. The van der Waals surface area contributed by atoms with Gasteiger partial charge in [0.2, 0.25) is 5.91 Å². The highest BCUT2D eigenvalue weighted by Crippen LogP contribution is 2.26. The van der Waals surface area contributed by atoms with Crippen molar-refractivity contribution in [3.8, 4) is 0 Å². The van der Waals surface area contributed by atoms with Gasteiger partial charge in [0.15, 0.2) is 0 Å². The van der Waals surface area contributed by atoms with Crippen molar-refractivity contribution in [1.82, 2.24) is 9.80 Å². The number of amides is 1. The largest absolute Gasteiger partial charge is 0.480 e. The lowest BCUT2D eigenvalue weighted by molar-refractivity contribution is -0.144. The van der Waals surface area contributed by atoms with Gasteiger partial charge in [0.1, 0.15) is 6.04 Å². The molecule has 0 radical (unpaired) electrons. The van der Waals surface area contributed by atoms with Gasteiger partial charge in [0.05, 0.1) is 0 Å². The Morgan fingerprint density at radius 3 is 2.35 bits per heavy atom. The summed E-state index contributed by atoms with van der Waals surface area (Å²) in [5.41, 5.74) is 0. The lowest BCUT2D eigenvalue weighted by Gasteiger charge is -2.37. The van der Waals surface area contributed by atoms with Crippen LogP contribution in [0.4, 0.5) is 0 Å². The molecule has 1 amide bonds. The van der Waals surface area contributed by atoms with E-state index in [2.05, 4.69) is 0 Å². The lowest BCUT2D eigenvalue weighted by Crippen LogP contribution is -2.53. The number of aliphatic carboxylic acids is 1. The molecule has 1 N–H and O–H groups in total. The second kappa shape index (κ2) is 7.31. The third-order valence-corrected chi connectivity index (χ3v) is 5.43. The summed E-state index contributed by atoms with van der Waals surface area (Å²) in [5, 5.41) is 9.00. The SMILES string of the molecule is CC(C(=O)O)N1CCN(C(=O)CC2CCSCC2)CC1. The van der Waals surface area contributed by atoms with E-state index in [1.165, 1.54) is 11.5 Å². The zero-order chi connectivity index (χ0) is 14.5. The molecule has 6 heteroatoms. The molecular weight excluding hydrogens is 276 g/mol. The van der Waals surface area contributed by atoms with Crippen LogP contribution in [-0.2, 0) is 9.59 Å². The number of nitrogens with zero attached hydrogens (tertiary/aromatic N) is 2. The van der Waals surface area contributed by atoms with Crippen molar-refractivity contribution < 1.29 is 14.7 Å². The van der Waals surface area contributed by atoms with Crippen LogP contribution in [0.5, 0.6) is 0 Å². The van der Waals surface area contributed by atoms with Crippen molar-refractivity contribution in [2.24, 2.45) is 5.92 Å². The fourth-order valence-electron chi connectivity index (χ4n) is 2.84. The van der Waals surface area contributed by atoms with Crippen LogP contribution in [0.25, 0.3) is 0 Å². The first-order valence-corrected chi connectivity index (χ1v) is 8.55. The molecule has 20 heavy (non-hydrogen) atoms. The van der Waals surface area contributed by atoms with Crippen LogP contribution in [0.15, 0.2) is 0 Å². The van der Waals surface area contributed by atoms with Gasteiger partial charge in [-0.3, -0.25) is 14.5 Å². The Morgan fingerprint density at radius 1 is 1.20 bits per heavy atom. The molecule has 5 nitrogen and oxygen atoms in total. The first kappa shape index (κ1) is 15.6. The monoisotopic (exact) mass is 300 g/mol. The van der Waals surface area contributed by atoms with Crippen LogP contribution in [0.2, 0.25) is 0 Å². The van der Waals surface area contributed by atoms with Crippen molar-refractivity contribution in [3.05, 3.63) is 0 Å². The highest BCUT2D eigenvalue weighted by molar-refractivity contribution is 7.99. The Hall–Kier alpha value is -0.750. The number of hydrogen-bond acceptors (Lipinski definition) is 4.